The van der Waals surface area contributed by atoms with E-state index in [1.807, 2.05) is 19.1 Å². The van der Waals surface area contributed by atoms with E-state index in [1.54, 1.807) is 17.0 Å². The van der Waals surface area contributed by atoms with E-state index in [2.05, 4.69) is 14.8 Å². The maximum absolute atomic E-state index is 12.2. The molecule has 0 saturated carbocycles. The zero-order chi connectivity index (χ0) is 18.4. The minimum atomic E-state index is -0.617. The first-order chi connectivity index (χ1) is 11.9. The molecule has 0 bridgehead atoms. The number of aryl methyl sites for hydroxylation is 1. The predicted molar refractivity (Wildman–Crippen MR) is 89.1 cm³/mol. The van der Waals surface area contributed by atoms with Gasteiger partial charge in [0.1, 0.15) is 0 Å². The van der Waals surface area contributed by atoms with E-state index in [0.717, 1.165) is 5.56 Å². The summed E-state index contributed by atoms with van der Waals surface area (Å²) in [6.07, 6.45) is 3.58. The molecule has 0 atom stereocenters. The van der Waals surface area contributed by atoms with E-state index in [0.29, 0.717) is 5.69 Å². The standard InChI is InChI=1S/C18H18N2O5/c1-12-4-6-20(7-5-12)11-16(21)19-15-9-13(17(22)24-2)8-14(10-15)18(23)25-3/h4-10H,11H2,1-3H3/p+1. The molecule has 1 N–H and O–H groups in total. The lowest BCUT2D eigenvalue weighted by atomic mass is 10.1. The Morgan fingerprint density at radius 2 is 1.48 bits per heavy atom. The fraction of sp³-hybridized carbons (Fsp3) is 0.222. The zero-order valence-corrected chi connectivity index (χ0v) is 14.2. The van der Waals surface area contributed by atoms with E-state index in [1.165, 1.54) is 32.4 Å². The van der Waals surface area contributed by atoms with Crippen molar-refractivity contribution in [2.24, 2.45) is 0 Å². The van der Waals surface area contributed by atoms with Gasteiger partial charge in [-0.2, -0.15) is 4.57 Å². The number of rotatable bonds is 5. The molecular formula is C18H19N2O5+. The lowest BCUT2D eigenvalue weighted by molar-refractivity contribution is -0.684. The van der Waals surface area contributed by atoms with Gasteiger partial charge < -0.3 is 14.8 Å². The number of amides is 1. The first kappa shape index (κ1) is 18.1. The van der Waals surface area contributed by atoms with Gasteiger partial charge >= 0.3 is 11.9 Å². The van der Waals surface area contributed by atoms with Gasteiger partial charge in [-0.3, -0.25) is 4.79 Å². The lowest BCUT2D eigenvalue weighted by Crippen LogP contribution is -2.39. The second-order valence-corrected chi connectivity index (χ2v) is 5.38. The minimum Gasteiger partial charge on any atom is -0.465 e. The summed E-state index contributed by atoms with van der Waals surface area (Å²) in [5, 5.41) is 2.67. The van der Waals surface area contributed by atoms with Crippen molar-refractivity contribution in [3.8, 4) is 0 Å². The van der Waals surface area contributed by atoms with E-state index >= 15 is 0 Å². The largest absolute Gasteiger partial charge is 0.465 e. The number of nitrogens with zero attached hydrogens (tertiary/aromatic N) is 1. The fourth-order valence-electron chi connectivity index (χ4n) is 2.17. The molecule has 2 aromatic rings. The number of carbonyl (C=O) groups excluding carboxylic acids is 3. The van der Waals surface area contributed by atoms with Gasteiger partial charge in [-0.1, -0.05) is 0 Å². The normalized spacial score (nSPS) is 10.0. The van der Waals surface area contributed by atoms with Crippen LogP contribution in [-0.4, -0.2) is 32.1 Å². The highest BCUT2D eigenvalue weighted by atomic mass is 16.5. The average Bonchev–Trinajstić information content (AvgIpc) is 2.61. The third kappa shape index (κ3) is 4.87. The average molecular weight is 343 g/mol. The van der Waals surface area contributed by atoms with Crippen LogP contribution in [0.25, 0.3) is 0 Å². The molecule has 7 heteroatoms. The number of methoxy groups -OCH3 is 2. The molecule has 25 heavy (non-hydrogen) atoms. The summed E-state index contributed by atoms with van der Waals surface area (Å²) < 4.78 is 11.0. The molecule has 0 aliphatic carbocycles. The quantitative estimate of drug-likeness (QED) is 0.657. The Morgan fingerprint density at radius 1 is 0.960 bits per heavy atom. The molecule has 2 rings (SSSR count). The molecule has 0 radical (unpaired) electrons. The van der Waals surface area contributed by atoms with Gasteiger partial charge in [-0.05, 0) is 30.7 Å². The molecular weight excluding hydrogens is 324 g/mol. The van der Waals surface area contributed by atoms with Crippen molar-refractivity contribution >= 4 is 23.5 Å². The Hall–Kier alpha value is -3.22. The van der Waals surface area contributed by atoms with Gasteiger partial charge in [0.2, 0.25) is 6.54 Å². The second kappa shape index (κ2) is 8.05. The van der Waals surface area contributed by atoms with Crippen molar-refractivity contribution in [1.29, 1.82) is 0 Å². The third-order valence-electron chi connectivity index (χ3n) is 3.44. The zero-order valence-electron chi connectivity index (χ0n) is 14.2. The summed E-state index contributed by atoms with van der Waals surface area (Å²) in [5.74, 6) is -1.53. The highest BCUT2D eigenvalue weighted by Gasteiger charge is 2.16. The number of carbonyl (C=O) groups is 3. The van der Waals surface area contributed by atoms with Crippen LogP contribution in [-0.2, 0) is 20.8 Å². The SMILES string of the molecule is COC(=O)c1cc(NC(=O)C[n+]2ccc(C)cc2)cc(C(=O)OC)c1. The van der Waals surface area contributed by atoms with E-state index in [-0.39, 0.29) is 23.6 Å². The first-order valence-electron chi connectivity index (χ1n) is 7.50. The third-order valence-corrected chi connectivity index (χ3v) is 3.44. The summed E-state index contributed by atoms with van der Waals surface area (Å²) >= 11 is 0. The van der Waals surface area contributed by atoms with Crippen molar-refractivity contribution in [3.05, 3.63) is 59.4 Å². The molecule has 7 nitrogen and oxygen atoms in total. The highest BCUT2D eigenvalue weighted by molar-refractivity contribution is 5.99. The maximum Gasteiger partial charge on any atom is 0.337 e. The van der Waals surface area contributed by atoms with Gasteiger partial charge in [0.15, 0.2) is 12.4 Å². The number of hydrogen-bond acceptors (Lipinski definition) is 5. The predicted octanol–water partition coefficient (Wildman–Crippen LogP) is 1.49. The number of anilines is 1. The molecule has 0 aliphatic rings. The number of hydrogen-bond donors (Lipinski definition) is 1. The molecule has 1 aromatic heterocycles. The van der Waals surface area contributed by atoms with E-state index in [9.17, 15) is 14.4 Å². The Labute approximate surface area is 145 Å². The molecule has 0 unspecified atom stereocenters. The smallest absolute Gasteiger partial charge is 0.337 e. The molecule has 1 amide bonds. The van der Waals surface area contributed by atoms with Crippen LogP contribution in [0.1, 0.15) is 26.3 Å². The Bertz CT molecular complexity index is 765. The van der Waals surface area contributed by atoms with Crippen molar-refractivity contribution in [1.82, 2.24) is 0 Å². The van der Waals surface area contributed by atoms with Crippen molar-refractivity contribution in [3.63, 3.8) is 0 Å². The lowest BCUT2D eigenvalue weighted by Gasteiger charge is -2.08. The van der Waals surface area contributed by atoms with Crippen LogP contribution in [0.2, 0.25) is 0 Å². The summed E-state index contributed by atoms with van der Waals surface area (Å²) in [5.41, 5.74) is 1.68. The second-order valence-electron chi connectivity index (χ2n) is 5.38. The molecule has 1 heterocycles. The first-order valence-corrected chi connectivity index (χ1v) is 7.50. The topological polar surface area (TPSA) is 85.6 Å². The van der Waals surface area contributed by atoms with Crippen molar-refractivity contribution < 1.29 is 28.4 Å². The molecule has 0 aliphatic heterocycles. The maximum atomic E-state index is 12.2. The number of ether oxygens (including phenoxy) is 2. The van der Waals surface area contributed by atoms with Crippen LogP contribution in [0.4, 0.5) is 5.69 Å². The van der Waals surface area contributed by atoms with Crippen molar-refractivity contribution in [2.75, 3.05) is 19.5 Å². The summed E-state index contributed by atoms with van der Waals surface area (Å²) in [6, 6.07) is 8.01. The Morgan fingerprint density at radius 3 is 1.96 bits per heavy atom. The van der Waals surface area contributed by atoms with Crippen LogP contribution in [0.15, 0.2) is 42.7 Å². The molecule has 0 saturated heterocycles. The molecule has 0 fully saturated rings. The number of nitrogens with one attached hydrogen (secondary N) is 1. The molecule has 1 aromatic carbocycles. The minimum absolute atomic E-state index is 0.0935. The van der Waals surface area contributed by atoms with E-state index in [4.69, 9.17) is 0 Å². The van der Waals surface area contributed by atoms with Gasteiger partial charge in [0, 0.05) is 17.8 Å². The summed E-state index contributed by atoms with van der Waals surface area (Å²) in [7, 11) is 2.47. The molecule has 0 spiro atoms. The molecule has 130 valence electrons. The number of benzene rings is 1. The Balaban J connectivity index is 2.21. The van der Waals surface area contributed by atoms with Crippen LogP contribution < -0.4 is 9.88 Å². The Kier molecular flexibility index (Phi) is 5.84. The van der Waals surface area contributed by atoms with Gasteiger partial charge in [0.25, 0.3) is 5.91 Å². The number of aromatic nitrogens is 1. The monoisotopic (exact) mass is 343 g/mol. The number of pyridine rings is 1. The summed E-state index contributed by atoms with van der Waals surface area (Å²) in [4.78, 5) is 35.7. The fourth-order valence-corrected chi connectivity index (χ4v) is 2.17. The van der Waals surface area contributed by atoms with Crippen molar-refractivity contribution in [2.45, 2.75) is 13.5 Å². The van der Waals surface area contributed by atoms with Crippen LogP contribution >= 0.6 is 0 Å². The van der Waals surface area contributed by atoms with Crippen LogP contribution in [0.5, 0.6) is 0 Å². The van der Waals surface area contributed by atoms with Gasteiger partial charge in [0.05, 0.1) is 25.3 Å². The highest BCUT2D eigenvalue weighted by Crippen LogP contribution is 2.17. The number of esters is 2. The van der Waals surface area contributed by atoms with Crippen LogP contribution in [0.3, 0.4) is 0 Å². The summed E-state index contributed by atoms with van der Waals surface area (Å²) in [6.45, 7) is 2.05. The van der Waals surface area contributed by atoms with Crippen LogP contribution in [0, 0.1) is 6.92 Å². The van der Waals surface area contributed by atoms with Gasteiger partial charge in [-0.25, -0.2) is 9.59 Å². The van der Waals surface area contributed by atoms with E-state index < -0.39 is 11.9 Å². The van der Waals surface area contributed by atoms with Gasteiger partial charge in [-0.15, -0.1) is 0 Å².